The first-order valence-electron chi connectivity index (χ1n) is 4.16. The molecule has 0 amide bonds. The van der Waals surface area contributed by atoms with E-state index in [0.717, 1.165) is 30.7 Å². The fourth-order valence-electron chi connectivity index (χ4n) is 1.79. The topological polar surface area (TPSA) is 56.1 Å². The number of allylic oxidation sites excluding steroid dienone is 1. The van der Waals surface area contributed by atoms with Gasteiger partial charge in [-0.3, -0.25) is 0 Å². The van der Waals surface area contributed by atoms with Crippen molar-refractivity contribution in [2.45, 2.75) is 12.8 Å². The Labute approximate surface area is 71.3 Å². The first-order chi connectivity index (χ1) is 5.81. The van der Waals surface area contributed by atoms with Crippen molar-refractivity contribution in [3.8, 4) is 0 Å². The Bertz CT molecular complexity index is 289. The molecule has 1 heterocycles. The minimum absolute atomic E-state index is 0.0359. The number of aliphatic hydroxyl groups excluding tert-OH is 1. The van der Waals surface area contributed by atoms with Crippen LogP contribution in [0.5, 0.6) is 0 Å². The van der Waals surface area contributed by atoms with E-state index in [4.69, 9.17) is 10.5 Å². The van der Waals surface area contributed by atoms with Gasteiger partial charge in [0.05, 0.1) is 6.61 Å². The quantitative estimate of drug-likeness (QED) is 0.531. The molecule has 2 aliphatic rings. The molecule has 0 atom stereocenters. The molecular weight excluding hydrogens is 152 g/mol. The largest absolute Gasteiger partial charge is 0.392 e. The SMILES string of the molecule is N=C1C=C(CO)C2=C(CCN2)C1. The maximum atomic E-state index is 9.02. The Balaban J connectivity index is 2.35. The van der Waals surface area contributed by atoms with Crippen LogP contribution in [0.1, 0.15) is 12.8 Å². The molecule has 0 unspecified atom stereocenters. The van der Waals surface area contributed by atoms with E-state index in [0.29, 0.717) is 5.71 Å². The third-order valence-corrected chi connectivity index (χ3v) is 2.33. The van der Waals surface area contributed by atoms with Crippen LogP contribution in [0.25, 0.3) is 0 Å². The zero-order chi connectivity index (χ0) is 8.55. The van der Waals surface area contributed by atoms with Crippen molar-refractivity contribution in [1.29, 1.82) is 5.41 Å². The van der Waals surface area contributed by atoms with Gasteiger partial charge in [0.25, 0.3) is 0 Å². The van der Waals surface area contributed by atoms with Crippen LogP contribution < -0.4 is 5.32 Å². The van der Waals surface area contributed by atoms with E-state index in [1.807, 2.05) is 0 Å². The number of aliphatic hydroxyl groups is 1. The van der Waals surface area contributed by atoms with E-state index in [2.05, 4.69) is 5.32 Å². The molecule has 12 heavy (non-hydrogen) atoms. The second-order valence-corrected chi connectivity index (χ2v) is 3.19. The molecule has 3 heteroatoms. The maximum absolute atomic E-state index is 9.02. The molecule has 3 nitrogen and oxygen atoms in total. The van der Waals surface area contributed by atoms with Gasteiger partial charge in [-0.05, 0) is 18.1 Å². The number of hydrogen-bond donors (Lipinski definition) is 3. The van der Waals surface area contributed by atoms with Crippen molar-refractivity contribution < 1.29 is 5.11 Å². The molecule has 0 aromatic carbocycles. The molecule has 0 aromatic rings. The zero-order valence-electron chi connectivity index (χ0n) is 6.85. The lowest BCUT2D eigenvalue weighted by Gasteiger charge is -2.15. The number of nitrogens with one attached hydrogen (secondary N) is 2. The Morgan fingerprint density at radius 1 is 1.58 bits per heavy atom. The average Bonchev–Trinajstić information content (AvgIpc) is 2.50. The van der Waals surface area contributed by atoms with Gasteiger partial charge < -0.3 is 15.8 Å². The van der Waals surface area contributed by atoms with Gasteiger partial charge in [0.1, 0.15) is 0 Å². The Morgan fingerprint density at radius 2 is 2.42 bits per heavy atom. The molecule has 1 aliphatic carbocycles. The van der Waals surface area contributed by atoms with Crippen LogP contribution in [0, 0.1) is 5.41 Å². The maximum Gasteiger partial charge on any atom is 0.0702 e. The van der Waals surface area contributed by atoms with Gasteiger partial charge in [0, 0.05) is 29.9 Å². The Kier molecular flexibility index (Phi) is 1.73. The molecule has 0 saturated heterocycles. The predicted molar refractivity (Wildman–Crippen MR) is 47.2 cm³/mol. The van der Waals surface area contributed by atoms with Crippen LogP contribution in [0.15, 0.2) is 22.9 Å². The molecule has 1 aliphatic heterocycles. The molecule has 0 bridgehead atoms. The minimum atomic E-state index is 0.0359. The number of rotatable bonds is 1. The van der Waals surface area contributed by atoms with Crippen molar-refractivity contribution in [3.63, 3.8) is 0 Å². The molecule has 0 saturated carbocycles. The molecule has 0 radical (unpaired) electrons. The standard InChI is InChI=1S/C9H12N2O/c10-8-3-6-1-2-11-9(6)7(4-8)5-12/h4,10-12H,1-3,5H2. The summed E-state index contributed by atoms with van der Waals surface area (Å²) in [5, 5.41) is 19.8. The van der Waals surface area contributed by atoms with Crippen LogP contribution >= 0.6 is 0 Å². The van der Waals surface area contributed by atoms with Crippen LogP contribution in [0.3, 0.4) is 0 Å². The first-order valence-corrected chi connectivity index (χ1v) is 4.16. The third-order valence-electron chi connectivity index (χ3n) is 2.33. The summed E-state index contributed by atoms with van der Waals surface area (Å²) >= 11 is 0. The van der Waals surface area contributed by atoms with Gasteiger partial charge in [-0.1, -0.05) is 0 Å². The lowest BCUT2D eigenvalue weighted by Crippen LogP contribution is -2.15. The van der Waals surface area contributed by atoms with Gasteiger partial charge in [-0.15, -0.1) is 0 Å². The normalized spacial score (nSPS) is 22.1. The van der Waals surface area contributed by atoms with Crippen molar-refractivity contribution in [1.82, 2.24) is 5.32 Å². The van der Waals surface area contributed by atoms with E-state index in [-0.39, 0.29) is 6.61 Å². The van der Waals surface area contributed by atoms with E-state index < -0.39 is 0 Å². The van der Waals surface area contributed by atoms with Gasteiger partial charge in [0.15, 0.2) is 0 Å². The smallest absolute Gasteiger partial charge is 0.0702 e. The molecule has 0 spiro atoms. The van der Waals surface area contributed by atoms with E-state index in [1.54, 1.807) is 6.08 Å². The molecule has 0 fully saturated rings. The highest BCUT2D eigenvalue weighted by Crippen LogP contribution is 2.27. The molecule has 64 valence electrons. The number of hydrogen-bond acceptors (Lipinski definition) is 3. The van der Waals surface area contributed by atoms with Crippen LogP contribution in [-0.4, -0.2) is 24.0 Å². The molecule has 3 N–H and O–H groups in total. The van der Waals surface area contributed by atoms with Gasteiger partial charge >= 0.3 is 0 Å². The second-order valence-electron chi connectivity index (χ2n) is 3.19. The van der Waals surface area contributed by atoms with Gasteiger partial charge in [-0.2, -0.15) is 0 Å². The predicted octanol–water partition coefficient (Wildman–Crippen LogP) is 0.576. The molecule has 0 aromatic heterocycles. The highest BCUT2D eigenvalue weighted by Gasteiger charge is 2.21. The minimum Gasteiger partial charge on any atom is -0.392 e. The monoisotopic (exact) mass is 164 g/mol. The van der Waals surface area contributed by atoms with Crippen LogP contribution in [-0.2, 0) is 0 Å². The Hall–Kier alpha value is -1.09. The average molecular weight is 164 g/mol. The Morgan fingerprint density at radius 3 is 3.17 bits per heavy atom. The lowest BCUT2D eigenvalue weighted by atomic mass is 9.95. The van der Waals surface area contributed by atoms with Crippen molar-refractivity contribution in [3.05, 3.63) is 22.9 Å². The van der Waals surface area contributed by atoms with Gasteiger partial charge in [0.2, 0.25) is 0 Å². The first kappa shape index (κ1) is 7.55. The summed E-state index contributed by atoms with van der Waals surface area (Å²) < 4.78 is 0. The van der Waals surface area contributed by atoms with Crippen molar-refractivity contribution in [2.75, 3.05) is 13.2 Å². The van der Waals surface area contributed by atoms with Crippen molar-refractivity contribution >= 4 is 5.71 Å². The molecular formula is C9H12N2O. The fraction of sp³-hybridized carbons (Fsp3) is 0.444. The highest BCUT2D eigenvalue weighted by atomic mass is 16.3. The van der Waals surface area contributed by atoms with Crippen LogP contribution in [0.2, 0.25) is 0 Å². The van der Waals surface area contributed by atoms with Gasteiger partial charge in [-0.25, -0.2) is 0 Å². The highest BCUT2D eigenvalue weighted by molar-refractivity contribution is 5.97. The van der Waals surface area contributed by atoms with E-state index >= 15 is 0 Å². The third kappa shape index (κ3) is 1.06. The molecule has 2 rings (SSSR count). The summed E-state index contributed by atoms with van der Waals surface area (Å²) in [6.45, 7) is 0.990. The lowest BCUT2D eigenvalue weighted by molar-refractivity contribution is 0.332. The van der Waals surface area contributed by atoms with Crippen LogP contribution in [0.4, 0.5) is 0 Å². The zero-order valence-corrected chi connectivity index (χ0v) is 6.85. The summed E-state index contributed by atoms with van der Waals surface area (Å²) in [7, 11) is 0. The van der Waals surface area contributed by atoms with Crippen molar-refractivity contribution in [2.24, 2.45) is 0 Å². The fourth-order valence-corrected chi connectivity index (χ4v) is 1.79. The summed E-state index contributed by atoms with van der Waals surface area (Å²) in [6.07, 6.45) is 3.54. The van der Waals surface area contributed by atoms with E-state index in [9.17, 15) is 0 Å². The summed E-state index contributed by atoms with van der Waals surface area (Å²) in [5.74, 6) is 0. The van der Waals surface area contributed by atoms with E-state index in [1.165, 1.54) is 5.57 Å². The summed E-state index contributed by atoms with van der Waals surface area (Å²) in [6, 6.07) is 0. The summed E-state index contributed by atoms with van der Waals surface area (Å²) in [4.78, 5) is 0. The summed E-state index contributed by atoms with van der Waals surface area (Å²) in [5.41, 5.74) is 3.86. The second kappa shape index (κ2) is 2.75.